The van der Waals surface area contributed by atoms with E-state index in [1.807, 2.05) is 5.32 Å². The maximum Gasteiger partial charge on any atom is 0.410 e. The molecule has 0 radical (unpaired) electrons. The molecule has 0 aromatic rings. The molecule has 5 nitrogen and oxygen atoms in total. The monoisotopic (exact) mass is 161 g/mol. The Labute approximate surface area is 62.9 Å². The number of amides is 1. The molecule has 0 aromatic heterocycles. The molecule has 0 rings (SSSR count). The summed E-state index contributed by atoms with van der Waals surface area (Å²) in [7, 11) is 0. The van der Waals surface area contributed by atoms with Crippen molar-refractivity contribution in [3.63, 3.8) is 0 Å². The molecule has 10 heavy (non-hydrogen) atoms. The third-order valence-electron chi connectivity index (χ3n) is 0.492. The Balaban J connectivity index is 3.88. The molecule has 0 fully saturated rings. The van der Waals surface area contributed by atoms with Crippen LogP contribution >= 0.6 is 12.2 Å². The number of hydrogen-bond acceptors (Lipinski definition) is 2. The zero-order chi connectivity index (χ0) is 8.15. The van der Waals surface area contributed by atoms with Gasteiger partial charge in [0.25, 0.3) is 0 Å². The Morgan fingerprint density at radius 2 is 2.30 bits per heavy atom. The van der Waals surface area contributed by atoms with Crippen molar-refractivity contribution < 1.29 is 9.90 Å². The average Bonchev–Trinajstić information content (AvgIpc) is 1.58. The fraction of sp³-hybridized carbons (Fsp3) is 0.250. The SMILES string of the molecule is C/C(N)=N\C(=S)NC(=O)O. The van der Waals surface area contributed by atoms with E-state index in [4.69, 9.17) is 10.8 Å². The maximum absolute atomic E-state index is 9.88. The Morgan fingerprint density at radius 3 is 2.60 bits per heavy atom. The summed E-state index contributed by atoms with van der Waals surface area (Å²) in [5.41, 5.74) is 5.10. The van der Waals surface area contributed by atoms with Gasteiger partial charge in [-0.05, 0) is 19.1 Å². The van der Waals surface area contributed by atoms with Gasteiger partial charge in [0.1, 0.15) is 0 Å². The first-order valence-corrected chi connectivity index (χ1v) is 2.78. The molecule has 4 N–H and O–H groups in total. The Bertz CT molecular complexity index is 185. The molecule has 0 aliphatic carbocycles. The second-order valence-corrected chi connectivity index (χ2v) is 1.88. The van der Waals surface area contributed by atoms with Gasteiger partial charge in [0.15, 0.2) is 0 Å². The van der Waals surface area contributed by atoms with Crippen molar-refractivity contribution >= 4 is 29.3 Å². The minimum Gasteiger partial charge on any atom is -0.465 e. The van der Waals surface area contributed by atoms with Gasteiger partial charge >= 0.3 is 6.09 Å². The number of hydrogen-bond donors (Lipinski definition) is 3. The van der Waals surface area contributed by atoms with E-state index in [0.29, 0.717) is 0 Å². The van der Waals surface area contributed by atoms with E-state index in [0.717, 1.165) is 0 Å². The molecule has 0 bridgehead atoms. The first-order chi connectivity index (χ1) is 4.52. The molecule has 56 valence electrons. The molecule has 0 aliphatic rings. The summed E-state index contributed by atoms with van der Waals surface area (Å²) in [6, 6.07) is 0. The summed E-state index contributed by atoms with van der Waals surface area (Å²) in [5.74, 6) is 0.221. The summed E-state index contributed by atoms with van der Waals surface area (Å²) in [5, 5.41) is 9.80. The lowest BCUT2D eigenvalue weighted by Gasteiger charge is -1.95. The van der Waals surface area contributed by atoms with E-state index < -0.39 is 6.09 Å². The van der Waals surface area contributed by atoms with E-state index in [1.54, 1.807) is 0 Å². The number of thiocarbonyl (C=S) groups is 1. The molecule has 0 spiro atoms. The number of rotatable bonds is 0. The van der Waals surface area contributed by atoms with Crippen LogP contribution in [0.5, 0.6) is 0 Å². The van der Waals surface area contributed by atoms with Crippen molar-refractivity contribution in [2.24, 2.45) is 10.7 Å². The van der Waals surface area contributed by atoms with E-state index in [2.05, 4.69) is 17.2 Å². The van der Waals surface area contributed by atoms with Crippen LogP contribution in [0.4, 0.5) is 4.79 Å². The predicted molar refractivity (Wildman–Crippen MR) is 41.1 cm³/mol. The third kappa shape index (κ3) is 4.98. The minimum atomic E-state index is -1.24. The van der Waals surface area contributed by atoms with Crippen molar-refractivity contribution in [1.29, 1.82) is 0 Å². The number of aliphatic imine (C=N–C) groups is 1. The topological polar surface area (TPSA) is 87.7 Å². The van der Waals surface area contributed by atoms with Gasteiger partial charge in [0.2, 0.25) is 5.11 Å². The van der Waals surface area contributed by atoms with E-state index in [9.17, 15) is 4.79 Å². The molecule has 0 saturated heterocycles. The van der Waals surface area contributed by atoms with Gasteiger partial charge in [0.05, 0.1) is 5.84 Å². The molecule has 1 amide bonds. The highest BCUT2D eigenvalue weighted by molar-refractivity contribution is 7.80. The van der Waals surface area contributed by atoms with Crippen molar-refractivity contribution in [2.75, 3.05) is 0 Å². The molecular weight excluding hydrogens is 154 g/mol. The summed E-state index contributed by atoms with van der Waals surface area (Å²) < 4.78 is 0. The van der Waals surface area contributed by atoms with Crippen LogP contribution in [0.3, 0.4) is 0 Å². The number of carboxylic acid groups (broad SMARTS) is 1. The Morgan fingerprint density at radius 1 is 1.80 bits per heavy atom. The van der Waals surface area contributed by atoms with Crippen LogP contribution < -0.4 is 11.1 Å². The van der Waals surface area contributed by atoms with Crippen LogP contribution in [0.2, 0.25) is 0 Å². The Hall–Kier alpha value is -1.17. The maximum atomic E-state index is 9.88. The lowest BCUT2D eigenvalue weighted by Crippen LogP contribution is -2.27. The predicted octanol–water partition coefficient (Wildman–Crippen LogP) is -0.0840. The molecule has 6 heteroatoms. The molecule has 0 heterocycles. The quantitative estimate of drug-likeness (QED) is 0.263. The zero-order valence-electron chi connectivity index (χ0n) is 5.29. The normalized spacial score (nSPS) is 10.7. The summed E-state index contributed by atoms with van der Waals surface area (Å²) in [4.78, 5) is 13.3. The second-order valence-electron chi connectivity index (χ2n) is 1.49. The fourth-order valence-corrected chi connectivity index (χ4v) is 0.511. The van der Waals surface area contributed by atoms with Gasteiger partial charge < -0.3 is 10.8 Å². The van der Waals surface area contributed by atoms with Gasteiger partial charge in [-0.25, -0.2) is 9.79 Å². The van der Waals surface area contributed by atoms with Crippen molar-refractivity contribution in [3.05, 3.63) is 0 Å². The van der Waals surface area contributed by atoms with Gasteiger partial charge in [-0.2, -0.15) is 0 Å². The number of nitrogens with zero attached hydrogens (tertiary/aromatic N) is 1. The number of amidine groups is 1. The first-order valence-electron chi connectivity index (χ1n) is 2.37. The van der Waals surface area contributed by atoms with Crippen molar-refractivity contribution in [1.82, 2.24) is 5.32 Å². The fourth-order valence-electron chi connectivity index (χ4n) is 0.280. The minimum absolute atomic E-state index is 0.146. The van der Waals surface area contributed by atoms with Crippen LogP contribution in [0.15, 0.2) is 4.99 Å². The van der Waals surface area contributed by atoms with E-state index >= 15 is 0 Å². The molecule has 0 aliphatic heterocycles. The van der Waals surface area contributed by atoms with Crippen LogP contribution in [0.25, 0.3) is 0 Å². The molecule has 0 unspecified atom stereocenters. The average molecular weight is 161 g/mol. The highest BCUT2D eigenvalue weighted by Gasteiger charge is 1.96. The lowest BCUT2D eigenvalue weighted by molar-refractivity contribution is 0.200. The van der Waals surface area contributed by atoms with E-state index in [1.165, 1.54) is 6.92 Å². The first kappa shape index (κ1) is 8.83. The summed E-state index contributed by atoms with van der Waals surface area (Å²) in [6.45, 7) is 1.51. The van der Waals surface area contributed by atoms with Crippen LogP contribution in [0.1, 0.15) is 6.92 Å². The van der Waals surface area contributed by atoms with E-state index in [-0.39, 0.29) is 10.9 Å². The second kappa shape index (κ2) is 3.78. The molecule has 0 aromatic carbocycles. The summed E-state index contributed by atoms with van der Waals surface area (Å²) >= 11 is 4.45. The highest BCUT2D eigenvalue weighted by atomic mass is 32.1. The summed E-state index contributed by atoms with van der Waals surface area (Å²) in [6.07, 6.45) is -1.24. The van der Waals surface area contributed by atoms with Crippen LogP contribution in [-0.2, 0) is 0 Å². The van der Waals surface area contributed by atoms with Crippen LogP contribution in [-0.4, -0.2) is 22.1 Å². The largest absolute Gasteiger partial charge is 0.465 e. The standard InChI is InChI=1S/C4H7N3O2S/c1-2(5)6-3(10)7-4(8)9/h1H3,(H,8,9)(H3,5,6,7,10). The Kier molecular flexibility index (Phi) is 3.34. The number of carbonyl (C=O) groups is 1. The lowest BCUT2D eigenvalue weighted by atomic mass is 10.7. The smallest absolute Gasteiger partial charge is 0.410 e. The number of nitrogens with one attached hydrogen (secondary N) is 1. The molecule has 0 saturated carbocycles. The van der Waals surface area contributed by atoms with Gasteiger partial charge in [-0.15, -0.1) is 0 Å². The number of nitrogens with two attached hydrogens (primary N) is 1. The van der Waals surface area contributed by atoms with Gasteiger partial charge in [0, 0.05) is 0 Å². The van der Waals surface area contributed by atoms with Crippen molar-refractivity contribution in [2.45, 2.75) is 6.92 Å². The zero-order valence-corrected chi connectivity index (χ0v) is 6.10. The van der Waals surface area contributed by atoms with Crippen LogP contribution in [0, 0.1) is 0 Å². The van der Waals surface area contributed by atoms with Crippen molar-refractivity contribution in [3.8, 4) is 0 Å². The molecule has 0 atom stereocenters. The highest BCUT2D eigenvalue weighted by Crippen LogP contribution is 1.75. The molecular formula is C4H7N3O2S. The van der Waals surface area contributed by atoms with Gasteiger partial charge in [-0.1, -0.05) is 0 Å². The third-order valence-corrected chi connectivity index (χ3v) is 0.685. The van der Waals surface area contributed by atoms with Gasteiger partial charge in [-0.3, -0.25) is 5.32 Å².